The van der Waals surface area contributed by atoms with Crippen molar-refractivity contribution in [2.24, 2.45) is 0 Å². The molecule has 1 amide bonds. The predicted molar refractivity (Wildman–Crippen MR) is 122 cm³/mol. The van der Waals surface area contributed by atoms with Gasteiger partial charge >= 0.3 is 12.1 Å². The van der Waals surface area contributed by atoms with Crippen LogP contribution < -0.4 is 9.64 Å². The lowest BCUT2D eigenvalue weighted by Gasteiger charge is -2.34. The van der Waals surface area contributed by atoms with Crippen molar-refractivity contribution in [2.75, 3.05) is 25.7 Å². The van der Waals surface area contributed by atoms with Gasteiger partial charge in [-0.05, 0) is 60.6 Å². The van der Waals surface area contributed by atoms with Crippen molar-refractivity contribution < 1.29 is 29.3 Å². The Labute approximate surface area is 186 Å². The number of methoxy groups -OCH3 is 2. The average molecular weight is 433 g/mol. The Morgan fingerprint density at radius 1 is 1.16 bits per heavy atom. The monoisotopic (exact) mass is 433 g/mol. The van der Waals surface area contributed by atoms with Crippen molar-refractivity contribution in [3.8, 4) is 29.4 Å². The van der Waals surface area contributed by atoms with Crippen LogP contribution in [-0.2, 0) is 9.53 Å². The molecule has 0 aromatic heterocycles. The average Bonchev–Trinajstić information content (AvgIpc) is 2.79. The topological polar surface area (TPSA) is 96.3 Å². The summed E-state index contributed by atoms with van der Waals surface area (Å²) in [5.74, 6) is 10.7. The molecular weight excluding hydrogens is 410 g/mol. The van der Waals surface area contributed by atoms with Gasteiger partial charge in [0.1, 0.15) is 11.8 Å². The number of carboxylic acids is 1. The summed E-state index contributed by atoms with van der Waals surface area (Å²) in [5, 5.41) is 17.9. The number of benzene rings is 1. The molecule has 0 saturated heterocycles. The zero-order chi connectivity index (χ0) is 23.5. The standard InChI is InChI=1S/C25H23NO6/c1-18(14-15-27)21-17-19-16-20(31-2)12-13-22(19)26(25(30)32-3)23(21)10-8-6-4-5-7-9-11-24(28)29/h4,6,9,11-14,16-17,23,27H,15H2,1-3H3,(H,28,29)/b6-4-,11-9+,18-14+/t23-/m0/s1. The number of rotatable bonds is 4. The van der Waals surface area contributed by atoms with Gasteiger partial charge in [-0.3, -0.25) is 4.90 Å². The van der Waals surface area contributed by atoms with Crippen LogP contribution in [0.25, 0.3) is 6.08 Å². The third-order valence-corrected chi connectivity index (χ3v) is 4.44. The zero-order valence-electron chi connectivity index (χ0n) is 18.0. The summed E-state index contributed by atoms with van der Waals surface area (Å²) >= 11 is 0. The molecule has 2 rings (SSSR count). The van der Waals surface area contributed by atoms with E-state index < -0.39 is 18.1 Å². The number of carbonyl (C=O) groups excluding carboxylic acids is 1. The van der Waals surface area contributed by atoms with Crippen molar-refractivity contribution in [2.45, 2.75) is 13.0 Å². The first kappa shape index (κ1) is 24.1. The van der Waals surface area contributed by atoms with Crippen LogP contribution in [0.4, 0.5) is 10.5 Å². The van der Waals surface area contributed by atoms with Crippen molar-refractivity contribution in [3.05, 3.63) is 65.3 Å². The van der Waals surface area contributed by atoms with Gasteiger partial charge in [-0.25, -0.2) is 9.59 Å². The van der Waals surface area contributed by atoms with Crippen LogP contribution in [0.2, 0.25) is 0 Å². The number of fused-ring (bicyclic) bond motifs is 1. The highest BCUT2D eigenvalue weighted by Gasteiger charge is 2.33. The highest BCUT2D eigenvalue weighted by atomic mass is 16.5. The molecule has 1 heterocycles. The molecule has 164 valence electrons. The number of anilines is 1. The molecule has 2 N–H and O–H groups in total. The second kappa shape index (κ2) is 11.8. The quantitative estimate of drug-likeness (QED) is 0.559. The van der Waals surface area contributed by atoms with Gasteiger partial charge in [0, 0.05) is 11.6 Å². The Bertz CT molecular complexity index is 1120. The molecule has 0 saturated carbocycles. The first-order valence-corrected chi connectivity index (χ1v) is 9.54. The molecule has 0 spiro atoms. The van der Waals surface area contributed by atoms with Gasteiger partial charge in [0.2, 0.25) is 0 Å². The number of aliphatic hydroxyl groups excluding tert-OH is 1. The van der Waals surface area contributed by atoms with Crippen molar-refractivity contribution in [1.82, 2.24) is 0 Å². The molecule has 1 aromatic rings. The van der Waals surface area contributed by atoms with Crippen molar-refractivity contribution in [1.29, 1.82) is 0 Å². The number of nitrogens with zero attached hydrogens (tertiary/aromatic N) is 1. The fourth-order valence-corrected chi connectivity index (χ4v) is 2.97. The van der Waals surface area contributed by atoms with Crippen LogP contribution in [0.1, 0.15) is 12.5 Å². The highest BCUT2D eigenvalue weighted by molar-refractivity contribution is 5.96. The third kappa shape index (κ3) is 6.15. The van der Waals surface area contributed by atoms with Crippen LogP contribution in [0, 0.1) is 23.7 Å². The Kier molecular flexibility index (Phi) is 8.91. The normalized spacial score (nSPS) is 15.2. The molecule has 0 fully saturated rings. The summed E-state index contributed by atoms with van der Waals surface area (Å²) in [6, 6.07) is 4.64. The van der Waals surface area contributed by atoms with Gasteiger partial charge in [0.05, 0.1) is 26.5 Å². The summed E-state index contributed by atoms with van der Waals surface area (Å²) in [5.41, 5.74) is 2.85. The number of ether oxygens (including phenoxy) is 2. The van der Waals surface area contributed by atoms with E-state index in [1.807, 2.05) is 13.0 Å². The van der Waals surface area contributed by atoms with E-state index in [9.17, 15) is 14.7 Å². The van der Waals surface area contributed by atoms with Gasteiger partial charge in [0.15, 0.2) is 0 Å². The second-order valence-electron chi connectivity index (χ2n) is 6.42. The van der Waals surface area contributed by atoms with Gasteiger partial charge in [-0.15, -0.1) is 0 Å². The lowest BCUT2D eigenvalue weighted by atomic mass is 9.90. The molecule has 1 aromatic carbocycles. The SMILES string of the molecule is COC(=O)N1c2ccc(OC)cc2C=C(/C(C)=C/CO)[C@@H]1C#C/C=C\C#C/C=C/C(=O)O. The molecule has 0 bridgehead atoms. The first-order chi connectivity index (χ1) is 15.4. The minimum Gasteiger partial charge on any atom is -0.497 e. The third-order valence-electron chi connectivity index (χ3n) is 4.44. The largest absolute Gasteiger partial charge is 0.497 e. The fraction of sp³-hybridized carbons (Fsp3) is 0.200. The molecule has 0 unspecified atom stereocenters. The molecule has 1 aliphatic rings. The zero-order valence-corrected chi connectivity index (χ0v) is 18.0. The maximum absolute atomic E-state index is 12.7. The van der Waals surface area contributed by atoms with Gasteiger partial charge in [0.25, 0.3) is 0 Å². The lowest BCUT2D eigenvalue weighted by molar-refractivity contribution is -0.131. The molecule has 1 atom stereocenters. The molecule has 0 radical (unpaired) electrons. The summed E-state index contributed by atoms with van der Waals surface area (Å²) in [4.78, 5) is 24.5. The van der Waals surface area contributed by atoms with Gasteiger partial charge < -0.3 is 19.7 Å². The number of aliphatic carboxylic acids is 1. The Morgan fingerprint density at radius 2 is 1.88 bits per heavy atom. The molecule has 7 heteroatoms. The summed E-state index contributed by atoms with van der Waals surface area (Å²) in [6.45, 7) is 1.67. The van der Waals surface area contributed by atoms with Crippen molar-refractivity contribution >= 4 is 23.8 Å². The van der Waals surface area contributed by atoms with E-state index in [0.29, 0.717) is 11.4 Å². The maximum atomic E-state index is 12.7. The minimum absolute atomic E-state index is 0.161. The number of aliphatic hydroxyl groups is 1. The van der Waals surface area contributed by atoms with Crippen LogP contribution >= 0.6 is 0 Å². The van der Waals surface area contributed by atoms with E-state index in [0.717, 1.165) is 22.8 Å². The number of amides is 1. The molecule has 32 heavy (non-hydrogen) atoms. The lowest BCUT2D eigenvalue weighted by Crippen LogP contribution is -2.43. The first-order valence-electron chi connectivity index (χ1n) is 9.54. The van der Waals surface area contributed by atoms with Crippen molar-refractivity contribution in [3.63, 3.8) is 0 Å². The van der Waals surface area contributed by atoms with Gasteiger partial charge in [-0.1, -0.05) is 29.8 Å². The molecular formula is C25H23NO6. The minimum atomic E-state index is -1.08. The predicted octanol–water partition coefficient (Wildman–Crippen LogP) is 3.18. The molecule has 1 aliphatic heterocycles. The van der Waals surface area contributed by atoms with Crippen LogP contribution in [0.5, 0.6) is 5.75 Å². The summed E-state index contributed by atoms with van der Waals surface area (Å²) < 4.78 is 10.3. The van der Waals surface area contributed by atoms with E-state index in [4.69, 9.17) is 14.6 Å². The molecule has 7 nitrogen and oxygen atoms in total. The Balaban J connectivity index is 2.51. The Hall–Kier alpha value is -4.20. The van der Waals surface area contributed by atoms with Crippen LogP contribution in [-0.4, -0.2) is 49.1 Å². The number of hydrogen-bond donors (Lipinski definition) is 2. The summed E-state index contributed by atoms with van der Waals surface area (Å²) in [6.07, 6.45) is 8.08. The van der Waals surface area contributed by atoms with E-state index >= 15 is 0 Å². The smallest absolute Gasteiger partial charge is 0.415 e. The van der Waals surface area contributed by atoms with Gasteiger partial charge in [-0.2, -0.15) is 0 Å². The second-order valence-corrected chi connectivity index (χ2v) is 6.42. The fourth-order valence-electron chi connectivity index (χ4n) is 2.97. The number of carbonyl (C=O) groups is 2. The highest BCUT2D eigenvalue weighted by Crippen LogP contribution is 2.37. The summed E-state index contributed by atoms with van der Waals surface area (Å²) in [7, 11) is 2.86. The molecule has 0 aliphatic carbocycles. The number of allylic oxidation sites excluding steroid dienone is 3. The van der Waals surface area contributed by atoms with Crippen LogP contribution in [0.15, 0.2) is 59.7 Å². The van der Waals surface area contributed by atoms with E-state index in [-0.39, 0.29) is 6.61 Å². The van der Waals surface area contributed by atoms with Crippen LogP contribution in [0.3, 0.4) is 0 Å². The van der Waals surface area contributed by atoms with E-state index in [1.54, 1.807) is 31.4 Å². The van der Waals surface area contributed by atoms with E-state index in [2.05, 4.69) is 23.7 Å². The number of hydrogen-bond acceptors (Lipinski definition) is 5. The maximum Gasteiger partial charge on any atom is 0.415 e. The number of carboxylic acid groups (broad SMARTS) is 1. The van der Waals surface area contributed by atoms with E-state index in [1.165, 1.54) is 30.2 Å². The Morgan fingerprint density at radius 3 is 2.53 bits per heavy atom.